The molecule has 0 aliphatic carbocycles. The van der Waals surface area contributed by atoms with Crippen LogP contribution in [-0.2, 0) is 5.88 Å². The fourth-order valence-corrected chi connectivity index (χ4v) is 1.40. The zero-order valence-electron chi connectivity index (χ0n) is 10.2. The van der Waals surface area contributed by atoms with Gasteiger partial charge in [0, 0.05) is 5.56 Å². The van der Waals surface area contributed by atoms with E-state index in [9.17, 15) is 0 Å². The summed E-state index contributed by atoms with van der Waals surface area (Å²) in [7, 11) is 5.57. The number of rotatable bonds is 5. The predicted molar refractivity (Wildman–Crippen MR) is 66.3 cm³/mol. The molecule has 0 saturated heterocycles. The van der Waals surface area contributed by atoms with E-state index in [2.05, 4.69) is 0 Å². The Bertz CT molecular complexity index is 342. The lowest BCUT2D eigenvalue weighted by molar-refractivity contribution is 0.0807. The lowest BCUT2D eigenvalue weighted by atomic mass is 10.2. The van der Waals surface area contributed by atoms with Gasteiger partial charge >= 0.3 is 0 Å². The van der Waals surface area contributed by atoms with Crippen molar-refractivity contribution < 1.29 is 9.47 Å². The quantitative estimate of drug-likeness (QED) is 0.586. The highest BCUT2D eigenvalue weighted by Crippen LogP contribution is 2.26. The van der Waals surface area contributed by atoms with Crippen LogP contribution in [0.25, 0.3) is 0 Å². The first-order chi connectivity index (χ1) is 7.58. The average molecular weight is 244 g/mol. The summed E-state index contributed by atoms with van der Waals surface area (Å²) >= 11 is 5.87. The molecule has 1 atom stereocenters. The van der Waals surface area contributed by atoms with Gasteiger partial charge in [-0.15, -0.1) is 11.6 Å². The number of benzene rings is 1. The van der Waals surface area contributed by atoms with Crippen LogP contribution < -0.4 is 9.47 Å². The molecule has 0 aromatic heterocycles. The van der Waals surface area contributed by atoms with Gasteiger partial charge in [0.15, 0.2) is 0 Å². The molecule has 0 aliphatic heterocycles. The molecule has 1 aromatic rings. The van der Waals surface area contributed by atoms with E-state index in [1.807, 2.05) is 44.1 Å². The molecule has 0 spiro atoms. The smallest absolute Gasteiger partial charge is 0.149 e. The fraction of sp³-hybridized carbons (Fsp3) is 0.500. The van der Waals surface area contributed by atoms with Gasteiger partial charge in [0.25, 0.3) is 0 Å². The van der Waals surface area contributed by atoms with Gasteiger partial charge in [-0.2, -0.15) is 0 Å². The Labute approximate surface area is 102 Å². The van der Waals surface area contributed by atoms with E-state index in [1.165, 1.54) is 0 Å². The molecule has 90 valence electrons. The first kappa shape index (κ1) is 13.1. The van der Waals surface area contributed by atoms with Gasteiger partial charge in [0.1, 0.15) is 17.7 Å². The number of ether oxygens (including phenoxy) is 2. The van der Waals surface area contributed by atoms with Crippen molar-refractivity contribution >= 4 is 11.6 Å². The molecule has 0 fully saturated rings. The predicted octanol–water partition coefficient (Wildman–Crippen LogP) is 2.72. The van der Waals surface area contributed by atoms with Gasteiger partial charge in [-0.05, 0) is 39.2 Å². The van der Waals surface area contributed by atoms with Crippen LogP contribution >= 0.6 is 11.6 Å². The Morgan fingerprint density at radius 3 is 2.56 bits per heavy atom. The second-order valence-electron chi connectivity index (χ2n) is 3.79. The van der Waals surface area contributed by atoms with Crippen LogP contribution in [0.3, 0.4) is 0 Å². The number of methoxy groups -OCH3 is 1. The van der Waals surface area contributed by atoms with Crippen LogP contribution in [0.5, 0.6) is 11.5 Å². The van der Waals surface area contributed by atoms with Gasteiger partial charge in [-0.1, -0.05) is 0 Å². The van der Waals surface area contributed by atoms with Crippen LogP contribution in [0, 0.1) is 0 Å². The Balaban J connectivity index is 2.87. The summed E-state index contributed by atoms with van der Waals surface area (Å²) in [6.07, 6.45) is 0.00959. The zero-order valence-corrected chi connectivity index (χ0v) is 10.9. The Hall–Kier alpha value is -0.930. The monoisotopic (exact) mass is 243 g/mol. The highest BCUT2D eigenvalue weighted by atomic mass is 35.5. The van der Waals surface area contributed by atoms with Crippen LogP contribution in [0.1, 0.15) is 12.5 Å². The van der Waals surface area contributed by atoms with Gasteiger partial charge in [0.05, 0.1) is 13.0 Å². The minimum atomic E-state index is 0.00959. The molecule has 0 saturated carbocycles. The molecule has 0 N–H and O–H groups in total. The SMILES string of the molecule is COc1ccc(OC(C)N(C)C)c(CCl)c1. The molecule has 1 unspecified atom stereocenters. The van der Waals surface area contributed by atoms with Crippen molar-refractivity contribution in [1.29, 1.82) is 0 Å². The highest BCUT2D eigenvalue weighted by molar-refractivity contribution is 6.17. The molecule has 0 heterocycles. The number of hydrogen-bond acceptors (Lipinski definition) is 3. The van der Waals surface area contributed by atoms with Gasteiger partial charge in [-0.3, -0.25) is 4.90 Å². The maximum Gasteiger partial charge on any atom is 0.149 e. The van der Waals surface area contributed by atoms with E-state index in [0.29, 0.717) is 5.88 Å². The van der Waals surface area contributed by atoms with Crippen molar-refractivity contribution in [3.05, 3.63) is 23.8 Å². The Morgan fingerprint density at radius 2 is 2.06 bits per heavy atom. The third-order valence-electron chi connectivity index (χ3n) is 2.44. The number of alkyl halides is 1. The number of halogens is 1. The molecule has 0 aliphatic rings. The molecule has 16 heavy (non-hydrogen) atoms. The second kappa shape index (κ2) is 5.97. The van der Waals surface area contributed by atoms with E-state index in [1.54, 1.807) is 7.11 Å². The number of hydrogen-bond donors (Lipinski definition) is 0. The minimum absolute atomic E-state index is 0.00959. The molecule has 3 nitrogen and oxygen atoms in total. The average Bonchev–Trinajstić information content (AvgIpc) is 2.29. The standard InChI is InChI=1S/C12H18ClNO2/c1-9(14(2)3)16-12-6-5-11(15-4)7-10(12)8-13/h5-7,9H,8H2,1-4H3. The Morgan fingerprint density at radius 1 is 1.38 bits per heavy atom. The van der Waals surface area contributed by atoms with Gasteiger partial charge < -0.3 is 9.47 Å². The van der Waals surface area contributed by atoms with E-state index in [-0.39, 0.29) is 6.23 Å². The topological polar surface area (TPSA) is 21.7 Å². The van der Waals surface area contributed by atoms with Crippen molar-refractivity contribution in [2.75, 3.05) is 21.2 Å². The summed E-state index contributed by atoms with van der Waals surface area (Å²) in [6.45, 7) is 1.99. The summed E-state index contributed by atoms with van der Waals surface area (Å²) in [6, 6.07) is 5.65. The van der Waals surface area contributed by atoms with Crippen molar-refractivity contribution in [2.45, 2.75) is 19.0 Å². The molecule has 1 aromatic carbocycles. The molecular formula is C12H18ClNO2. The van der Waals surface area contributed by atoms with E-state index >= 15 is 0 Å². The van der Waals surface area contributed by atoms with Crippen LogP contribution in [0.4, 0.5) is 0 Å². The van der Waals surface area contributed by atoms with Crippen molar-refractivity contribution in [3.8, 4) is 11.5 Å². The zero-order chi connectivity index (χ0) is 12.1. The first-order valence-electron chi connectivity index (χ1n) is 5.14. The van der Waals surface area contributed by atoms with Crippen molar-refractivity contribution in [2.24, 2.45) is 0 Å². The van der Waals surface area contributed by atoms with Crippen LogP contribution in [0.2, 0.25) is 0 Å². The van der Waals surface area contributed by atoms with Gasteiger partial charge in [0.2, 0.25) is 0 Å². The summed E-state index contributed by atoms with van der Waals surface area (Å²) in [4.78, 5) is 1.99. The lowest BCUT2D eigenvalue weighted by Gasteiger charge is -2.22. The molecule has 4 heteroatoms. The largest absolute Gasteiger partial charge is 0.497 e. The maximum absolute atomic E-state index is 5.87. The molecular weight excluding hydrogens is 226 g/mol. The highest BCUT2D eigenvalue weighted by Gasteiger charge is 2.10. The van der Waals surface area contributed by atoms with Crippen molar-refractivity contribution in [3.63, 3.8) is 0 Å². The number of nitrogens with zero attached hydrogens (tertiary/aromatic N) is 1. The maximum atomic E-state index is 5.87. The molecule has 1 rings (SSSR count). The van der Waals surface area contributed by atoms with Crippen LogP contribution in [-0.4, -0.2) is 32.3 Å². The fourth-order valence-electron chi connectivity index (χ4n) is 1.19. The lowest BCUT2D eigenvalue weighted by Crippen LogP contribution is -2.30. The molecule has 0 radical (unpaired) electrons. The summed E-state index contributed by atoms with van der Waals surface area (Å²) in [5, 5.41) is 0. The Kier molecular flexibility index (Phi) is 4.90. The molecule has 0 amide bonds. The van der Waals surface area contributed by atoms with Crippen molar-refractivity contribution in [1.82, 2.24) is 4.90 Å². The second-order valence-corrected chi connectivity index (χ2v) is 4.06. The third kappa shape index (κ3) is 3.29. The van der Waals surface area contributed by atoms with E-state index < -0.39 is 0 Å². The van der Waals surface area contributed by atoms with E-state index in [4.69, 9.17) is 21.1 Å². The first-order valence-corrected chi connectivity index (χ1v) is 5.68. The summed E-state index contributed by atoms with van der Waals surface area (Å²) in [5.41, 5.74) is 0.940. The summed E-state index contributed by atoms with van der Waals surface area (Å²) in [5.74, 6) is 2.00. The van der Waals surface area contributed by atoms with E-state index in [0.717, 1.165) is 17.1 Å². The van der Waals surface area contributed by atoms with Crippen LogP contribution in [0.15, 0.2) is 18.2 Å². The normalized spacial score (nSPS) is 12.6. The summed E-state index contributed by atoms with van der Waals surface area (Å²) < 4.78 is 10.9. The minimum Gasteiger partial charge on any atom is -0.497 e. The third-order valence-corrected chi connectivity index (χ3v) is 2.72. The molecule has 0 bridgehead atoms. The van der Waals surface area contributed by atoms with Gasteiger partial charge in [-0.25, -0.2) is 0 Å².